The second-order valence-electron chi connectivity index (χ2n) is 10.2. The lowest BCUT2D eigenvalue weighted by Gasteiger charge is -2.16. The molecule has 0 atom stereocenters. The maximum atomic E-state index is 6.96. The molecule has 0 bridgehead atoms. The van der Waals surface area contributed by atoms with Crippen molar-refractivity contribution in [2.24, 2.45) is 0 Å². The highest BCUT2D eigenvalue weighted by molar-refractivity contribution is 6.39. The van der Waals surface area contributed by atoms with Gasteiger partial charge in [0.05, 0.1) is 21.6 Å². The lowest BCUT2D eigenvalue weighted by molar-refractivity contribution is 1.11. The Bertz CT molecular complexity index is 2380. The highest BCUT2D eigenvalue weighted by Gasteiger charge is 2.23. The molecule has 9 aromatic rings. The summed E-state index contributed by atoms with van der Waals surface area (Å²) in [6.07, 6.45) is 3.54. The minimum Gasteiger partial charge on any atom is -0.292 e. The first-order chi connectivity index (χ1) is 19.8. The van der Waals surface area contributed by atoms with E-state index in [0.717, 1.165) is 49.9 Å². The van der Waals surface area contributed by atoms with Crippen molar-refractivity contribution in [2.75, 3.05) is 0 Å². The van der Waals surface area contributed by atoms with Gasteiger partial charge in [-0.05, 0) is 62.6 Å². The lowest BCUT2D eigenvalue weighted by atomic mass is 9.94. The van der Waals surface area contributed by atoms with Crippen LogP contribution in [0.4, 0.5) is 0 Å². The van der Waals surface area contributed by atoms with Gasteiger partial charge in [-0.15, -0.1) is 0 Å². The molecule has 6 aromatic carbocycles. The first kappa shape index (κ1) is 21.8. The van der Waals surface area contributed by atoms with Crippen LogP contribution in [0.15, 0.2) is 116 Å². The van der Waals surface area contributed by atoms with Crippen molar-refractivity contribution >= 4 is 76.8 Å². The fraction of sp³-hybridized carbons (Fsp3) is 0. The van der Waals surface area contributed by atoms with Gasteiger partial charge in [-0.2, -0.15) is 0 Å². The van der Waals surface area contributed by atoms with Crippen molar-refractivity contribution in [3.8, 4) is 17.1 Å². The number of halogens is 1. The number of aromatic nitrogens is 4. The Morgan fingerprint density at radius 1 is 0.550 bits per heavy atom. The van der Waals surface area contributed by atoms with Gasteiger partial charge in [0.1, 0.15) is 11.3 Å². The number of fused-ring (bicyclic) bond motifs is 6. The van der Waals surface area contributed by atoms with Gasteiger partial charge in [-0.3, -0.25) is 14.5 Å². The fourth-order valence-corrected chi connectivity index (χ4v) is 6.60. The molecule has 5 heteroatoms. The quantitative estimate of drug-likeness (QED) is 0.209. The molecule has 0 radical (unpaired) electrons. The molecule has 9 rings (SSSR count). The summed E-state index contributed by atoms with van der Waals surface area (Å²) in [5.74, 6) is 0.848. The third-order valence-corrected chi connectivity index (χ3v) is 8.35. The Morgan fingerprint density at radius 3 is 2.02 bits per heavy atom. The highest BCUT2D eigenvalue weighted by Crippen LogP contribution is 2.42. The molecule has 0 amide bonds. The maximum absolute atomic E-state index is 6.96. The summed E-state index contributed by atoms with van der Waals surface area (Å²) >= 11 is 6.96. The predicted molar refractivity (Wildman–Crippen MR) is 166 cm³/mol. The number of hydrogen-bond acceptors (Lipinski definition) is 3. The van der Waals surface area contributed by atoms with Crippen LogP contribution in [0.25, 0.3) is 82.2 Å². The van der Waals surface area contributed by atoms with E-state index in [-0.39, 0.29) is 0 Å². The van der Waals surface area contributed by atoms with Crippen molar-refractivity contribution in [1.82, 2.24) is 19.5 Å². The van der Waals surface area contributed by atoms with Crippen molar-refractivity contribution in [1.29, 1.82) is 0 Å². The van der Waals surface area contributed by atoms with E-state index in [1.54, 1.807) is 12.4 Å². The molecule has 0 saturated carbocycles. The van der Waals surface area contributed by atoms with Crippen molar-refractivity contribution < 1.29 is 0 Å². The van der Waals surface area contributed by atoms with Crippen molar-refractivity contribution in [2.45, 2.75) is 0 Å². The van der Waals surface area contributed by atoms with Gasteiger partial charge >= 0.3 is 0 Å². The Labute approximate surface area is 233 Å². The number of rotatable bonds is 2. The highest BCUT2D eigenvalue weighted by atomic mass is 35.5. The second kappa shape index (κ2) is 7.98. The van der Waals surface area contributed by atoms with Gasteiger partial charge in [0.15, 0.2) is 0 Å². The van der Waals surface area contributed by atoms with Crippen LogP contribution in [0, 0.1) is 0 Å². The maximum Gasteiger partial charge on any atom is 0.145 e. The standard InChI is InChI=1S/C35H19ClN4/c36-27-15-17-38-33-30(27)34-32(26-10-5-16-37-31(26)33)39-35(22-6-2-1-3-7-22)40(34)25-18-23-13-11-20-8-4-9-21-12-14-24(19-25)29(23)28(20)21/h1-19H. The zero-order valence-corrected chi connectivity index (χ0v) is 21.9. The van der Waals surface area contributed by atoms with Crippen LogP contribution in [-0.4, -0.2) is 19.5 Å². The molecule has 0 fully saturated rings. The zero-order chi connectivity index (χ0) is 26.4. The Morgan fingerprint density at radius 2 is 1.25 bits per heavy atom. The smallest absolute Gasteiger partial charge is 0.145 e. The molecule has 3 aromatic heterocycles. The molecule has 3 heterocycles. The first-order valence-electron chi connectivity index (χ1n) is 13.2. The van der Waals surface area contributed by atoms with Gasteiger partial charge < -0.3 is 0 Å². The number of hydrogen-bond donors (Lipinski definition) is 0. The molecule has 0 aliphatic rings. The van der Waals surface area contributed by atoms with Crippen molar-refractivity contribution in [3.63, 3.8) is 0 Å². The molecule has 0 aliphatic carbocycles. The van der Waals surface area contributed by atoms with E-state index in [9.17, 15) is 0 Å². The topological polar surface area (TPSA) is 43.6 Å². The fourth-order valence-electron chi connectivity index (χ4n) is 6.37. The molecule has 0 aliphatic heterocycles. The van der Waals surface area contributed by atoms with Crippen molar-refractivity contribution in [3.05, 3.63) is 121 Å². The summed E-state index contributed by atoms with van der Waals surface area (Å²) < 4.78 is 2.25. The van der Waals surface area contributed by atoms with Crippen LogP contribution >= 0.6 is 11.6 Å². The summed E-state index contributed by atoms with van der Waals surface area (Å²) in [5, 5.41) is 9.90. The van der Waals surface area contributed by atoms with E-state index in [0.29, 0.717) is 5.02 Å². The molecule has 186 valence electrons. The van der Waals surface area contributed by atoms with Crippen LogP contribution in [0.5, 0.6) is 0 Å². The van der Waals surface area contributed by atoms with Crippen LogP contribution in [0.2, 0.25) is 5.02 Å². The molecular formula is C35H19ClN4. The minimum atomic E-state index is 0.626. The summed E-state index contributed by atoms with van der Waals surface area (Å²) in [5.41, 5.74) is 5.40. The number of benzene rings is 6. The molecule has 0 saturated heterocycles. The summed E-state index contributed by atoms with van der Waals surface area (Å²) in [4.78, 5) is 14.8. The minimum absolute atomic E-state index is 0.626. The first-order valence-corrected chi connectivity index (χ1v) is 13.6. The van der Waals surface area contributed by atoms with E-state index in [2.05, 4.69) is 77.4 Å². The average Bonchev–Trinajstić information content (AvgIpc) is 3.41. The van der Waals surface area contributed by atoms with E-state index in [1.165, 1.54) is 32.3 Å². The monoisotopic (exact) mass is 530 g/mol. The third-order valence-electron chi connectivity index (χ3n) is 8.04. The molecule has 0 unspecified atom stereocenters. The van der Waals surface area contributed by atoms with Gasteiger partial charge in [0.2, 0.25) is 0 Å². The third kappa shape index (κ3) is 2.88. The summed E-state index contributed by atoms with van der Waals surface area (Å²) in [6.45, 7) is 0. The average molecular weight is 531 g/mol. The summed E-state index contributed by atoms with van der Waals surface area (Å²) in [7, 11) is 0. The summed E-state index contributed by atoms with van der Waals surface area (Å²) in [6, 6.07) is 36.1. The van der Waals surface area contributed by atoms with Gasteiger partial charge in [0.25, 0.3) is 0 Å². The Balaban J connectivity index is 1.51. The number of pyridine rings is 2. The van der Waals surface area contributed by atoms with Crippen LogP contribution in [0.1, 0.15) is 0 Å². The molecular weight excluding hydrogens is 512 g/mol. The van der Waals surface area contributed by atoms with Gasteiger partial charge in [-0.1, -0.05) is 84.4 Å². The van der Waals surface area contributed by atoms with Gasteiger partial charge in [-0.25, -0.2) is 4.98 Å². The molecule has 4 nitrogen and oxygen atoms in total. The van der Waals surface area contributed by atoms with Crippen LogP contribution in [0.3, 0.4) is 0 Å². The van der Waals surface area contributed by atoms with Gasteiger partial charge in [0, 0.05) is 34.4 Å². The van der Waals surface area contributed by atoms with Crippen LogP contribution < -0.4 is 0 Å². The normalized spacial score (nSPS) is 12.1. The largest absolute Gasteiger partial charge is 0.292 e. The predicted octanol–water partition coefficient (Wildman–Crippen LogP) is 9.34. The zero-order valence-electron chi connectivity index (χ0n) is 21.1. The SMILES string of the molecule is Clc1ccnc2c3ncccc3c3nc(-c4ccccc4)n(-c4cc5ccc6cccc7ccc(c4)c5c67)c3c12. The molecule has 0 spiro atoms. The Hall–Kier alpha value is -5.06. The van der Waals surface area contributed by atoms with E-state index in [4.69, 9.17) is 26.6 Å². The van der Waals surface area contributed by atoms with E-state index >= 15 is 0 Å². The Kier molecular flexibility index (Phi) is 4.35. The second-order valence-corrected chi connectivity index (χ2v) is 10.6. The molecule has 0 N–H and O–H groups in total. The number of imidazole rings is 1. The van der Waals surface area contributed by atoms with E-state index in [1.807, 2.05) is 30.3 Å². The lowest BCUT2D eigenvalue weighted by Crippen LogP contribution is -1.99. The van der Waals surface area contributed by atoms with Crippen LogP contribution in [-0.2, 0) is 0 Å². The number of nitrogens with zero attached hydrogens (tertiary/aromatic N) is 4. The van der Waals surface area contributed by atoms with E-state index < -0.39 is 0 Å². The molecule has 40 heavy (non-hydrogen) atoms.